The molecule has 120 valence electrons. The molecule has 0 aliphatic heterocycles. The van der Waals surface area contributed by atoms with E-state index in [1.165, 1.54) is 0 Å². The third-order valence-corrected chi connectivity index (χ3v) is 2.64. The van der Waals surface area contributed by atoms with Gasteiger partial charge < -0.3 is 32.9 Å². The average Bonchev–Trinajstić information content (AvgIpc) is 2.38. The summed E-state index contributed by atoms with van der Waals surface area (Å²) < 4.78 is 0. The highest BCUT2D eigenvalue weighted by Gasteiger charge is 2.23. The zero-order valence-corrected chi connectivity index (χ0v) is 11.6. The van der Waals surface area contributed by atoms with Gasteiger partial charge in [-0.1, -0.05) is 0 Å². The lowest BCUT2D eigenvalue weighted by Crippen LogP contribution is -2.48. The molecule has 0 aliphatic rings. The van der Waals surface area contributed by atoms with Gasteiger partial charge >= 0.3 is 5.97 Å². The molecule has 0 rings (SSSR count). The van der Waals surface area contributed by atoms with Crippen molar-refractivity contribution in [3.63, 3.8) is 0 Å². The van der Waals surface area contributed by atoms with Crippen LogP contribution in [-0.4, -0.2) is 47.5 Å². The Morgan fingerprint density at radius 1 is 1.19 bits per heavy atom. The van der Waals surface area contributed by atoms with E-state index in [2.05, 4.69) is 10.6 Å². The highest BCUT2D eigenvalue weighted by molar-refractivity contribution is 5.87. The van der Waals surface area contributed by atoms with E-state index in [4.69, 9.17) is 27.7 Å². The van der Waals surface area contributed by atoms with E-state index in [1.807, 2.05) is 0 Å². The SMILES string of the molecule is N=C(N)NCCCC(NC(=O)C(N)CCC(N)=O)C(=O)O. The minimum Gasteiger partial charge on any atom is -0.480 e. The molecule has 0 bridgehead atoms. The lowest BCUT2D eigenvalue weighted by molar-refractivity contribution is -0.142. The largest absolute Gasteiger partial charge is 0.480 e. The van der Waals surface area contributed by atoms with Crippen LogP contribution in [0.2, 0.25) is 0 Å². The molecule has 0 saturated heterocycles. The molecule has 10 nitrogen and oxygen atoms in total. The minimum absolute atomic E-state index is 0.0468. The molecule has 0 aromatic rings. The topological polar surface area (TPSA) is 197 Å². The van der Waals surface area contributed by atoms with Crippen LogP contribution < -0.4 is 27.8 Å². The van der Waals surface area contributed by atoms with E-state index >= 15 is 0 Å². The Hall–Kier alpha value is -2.36. The Morgan fingerprint density at radius 3 is 2.29 bits per heavy atom. The zero-order chi connectivity index (χ0) is 16.4. The van der Waals surface area contributed by atoms with E-state index in [0.29, 0.717) is 13.0 Å². The lowest BCUT2D eigenvalue weighted by atomic mass is 10.1. The number of amides is 2. The maximum atomic E-state index is 11.7. The Kier molecular flexibility index (Phi) is 8.46. The first-order valence-electron chi connectivity index (χ1n) is 6.39. The van der Waals surface area contributed by atoms with Gasteiger partial charge in [-0.25, -0.2) is 4.79 Å². The summed E-state index contributed by atoms with van der Waals surface area (Å²) in [6.07, 6.45) is 0.561. The first-order chi connectivity index (χ1) is 9.73. The van der Waals surface area contributed by atoms with E-state index in [0.717, 1.165) is 0 Å². The summed E-state index contributed by atoms with van der Waals surface area (Å²) in [6, 6.07) is -2.08. The summed E-state index contributed by atoms with van der Waals surface area (Å²) in [7, 11) is 0. The summed E-state index contributed by atoms with van der Waals surface area (Å²) in [5.74, 6) is -2.63. The molecule has 0 heterocycles. The molecule has 0 spiro atoms. The summed E-state index contributed by atoms with van der Waals surface area (Å²) in [6.45, 7) is 0.322. The number of aliphatic carboxylic acids is 1. The molecule has 0 saturated carbocycles. The molecular formula is C11H22N6O4. The van der Waals surface area contributed by atoms with Crippen molar-refractivity contribution in [3.05, 3.63) is 0 Å². The van der Waals surface area contributed by atoms with E-state index < -0.39 is 29.9 Å². The molecule has 0 fully saturated rings. The second-order valence-corrected chi connectivity index (χ2v) is 4.49. The quantitative estimate of drug-likeness (QED) is 0.130. The number of rotatable bonds is 10. The van der Waals surface area contributed by atoms with Crippen LogP contribution in [0.1, 0.15) is 25.7 Å². The second kappa shape index (κ2) is 9.53. The molecule has 21 heavy (non-hydrogen) atoms. The number of carboxylic acid groups (broad SMARTS) is 1. The number of nitrogens with two attached hydrogens (primary N) is 3. The Balaban J connectivity index is 4.23. The van der Waals surface area contributed by atoms with Crippen LogP contribution in [0.15, 0.2) is 0 Å². The number of carboxylic acids is 1. The van der Waals surface area contributed by atoms with Gasteiger partial charge in [-0.3, -0.25) is 15.0 Å². The summed E-state index contributed by atoms with van der Waals surface area (Å²) in [5, 5.41) is 20.8. The highest BCUT2D eigenvalue weighted by Crippen LogP contribution is 2.00. The van der Waals surface area contributed by atoms with Crippen LogP contribution in [0, 0.1) is 5.41 Å². The first-order valence-corrected chi connectivity index (χ1v) is 6.39. The average molecular weight is 302 g/mol. The van der Waals surface area contributed by atoms with Crippen LogP contribution in [0.3, 0.4) is 0 Å². The van der Waals surface area contributed by atoms with Gasteiger partial charge in [-0.2, -0.15) is 0 Å². The molecule has 2 atom stereocenters. The van der Waals surface area contributed by atoms with Crippen molar-refractivity contribution >= 4 is 23.7 Å². The predicted octanol–water partition coefficient (Wildman–Crippen LogP) is -2.59. The summed E-state index contributed by atoms with van der Waals surface area (Å²) >= 11 is 0. The van der Waals surface area contributed by atoms with Crippen molar-refractivity contribution in [2.24, 2.45) is 17.2 Å². The number of carbonyl (C=O) groups excluding carboxylic acids is 2. The first kappa shape index (κ1) is 18.6. The Labute approximate surface area is 121 Å². The maximum Gasteiger partial charge on any atom is 0.326 e. The number of carbonyl (C=O) groups is 3. The molecule has 0 aliphatic carbocycles. The predicted molar refractivity (Wildman–Crippen MR) is 75.1 cm³/mol. The molecule has 0 aromatic heterocycles. The Morgan fingerprint density at radius 2 is 1.81 bits per heavy atom. The number of hydrogen-bond acceptors (Lipinski definition) is 5. The third kappa shape index (κ3) is 9.21. The van der Waals surface area contributed by atoms with Crippen molar-refractivity contribution in [2.45, 2.75) is 37.8 Å². The number of hydrogen-bond donors (Lipinski definition) is 7. The molecule has 10 heteroatoms. The van der Waals surface area contributed by atoms with Crippen molar-refractivity contribution < 1.29 is 19.5 Å². The number of primary amides is 1. The molecule has 2 amide bonds. The Bertz CT molecular complexity index is 400. The zero-order valence-electron chi connectivity index (χ0n) is 11.6. The van der Waals surface area contributed by atoms with Crippen molar-refractivity contribution in [3.8, 4) is 0 Å². The van der Waals surface area contributed by atoms with Crippen molar-refractivity contribution in [2.75, 3.05) is 6.54 Å². The monoisotopic (exact) mass is 302 g/mol. The fourth-order valence-corrected chi connectivity index (χ4v) is 1.49. The van der Waals surface area contributed by atoms with Crippen LogP contribution >= 0.6 is 0 Å². The summed E-state index contributed by atoms with van der Waals surface area (Å²) in [4.78, 5) is 33.3. The molecule has 0 aromatic carbocycles. The highest BCUT2D eigenvalue weighted by atomic mass is 16.4. The van der Waals surface area contributed by atoms with Crippen LogP contribution in [0.5, 0.6) is 0 Å². The number of guanidine groups is 1. The normalized spacial score (nSPS) is 13.0. The van der Waals surface area contributed by atoms with Gasteiger partial charge in [0.05, 0.1) is 6.04 Å². The lowest BCUT2D eigenvalue weighted by Gasteiger charge is -2.17. The fraction of sp³-hybridized carbons (Fsp3) is 0.636. The molecule has 0 radical (unpaired) electrons. The van der Waals surface area contributed by atoms with Gasteiger partial charge in [0.15, 0.2) is 5.96 Å². The van der Waals surface area contributed by atoms with Crippen LogP contribution in [-0.2, 0) is 14.4 Å². The van der Waals surface area contributed by atoms with Crippen LogP contribution in [0.4, 0.5) is 0 Å². The van der Waals surface area contributed by atoms with E-state index in [1.54, 1.807) is 0 Å². The molecule has 2 unspecified atom stereocenters. The molecule has 10 N–H and O–H groups in total. The van der Waals surface area contributed by atoms with Gasteiger partial charge in [0.2, 0.25) is 11.8 Å². The van der Waals surface area contributed by atoms with Crippen molar-refractivity contribution in [1.82, 2.24) is 10.6 Å². The standard InChI is InChI=1S/C11H22N6O4/c12-6(3-4-8(13)18)9(19)17-7(10(20)21)2-1-5-16-11(14)15/h6-7H,1-5,12H2,(H2,13,18)(H,17,19)(H,20,21)(H4,14,15,16). The third-order valence-electron chi connectivity index (χ3n) is 2.64. The van der Waals surface area contributed by atoms with Gasteiger partial charge in [0.25, 0.3) is 0 Å². The summed E-state index contributed by atoms with van der Waals surface area (Å²) in [5.41, 5.74) is 15.6. The van der Waals surface area contributed by atoms with Gasteiger partial charge in [0.1, 0.15) is 6.04 Å². The number of nitrogens with one attached hydrogen (secondary N) is 3. The van der Waals surface area contributed by atoms with Gasteiger partial charge in [-0.15, -0.1) is 0 Å². The van der Waals surface area contributed by atoms with E-state index in [-0.39, 0.29) is 25.2 Å². The second-order valence-electron chi connectivity index (χ2n) is 4.49. The van der Waals surface area contributed by atoms with E-state index in [9.17, 15) is 14.4 Å². The van der Waals surface area contributed by atoms with Gasteiger partial charge in [0, 0.05) is 13.0 Å². The van der Waals surface area contributed by atoms with Crippen molar-refractivity contribution in [1.29, 1.82) is 5.41 Å². The fourth-order valence-electron chi connectivity index (χ4n) is 1.49. The van der Waals surface area contributed by atoms with Gasteiger partial charge in [-0.05, 0) is 19.3 Å². The smallest absolute Gasteiger partial charge is 0.326 e. The molecular weight excluding hydrogens is 280 g/mol. The minimum atomic E-state index is -1.19. The maximum absolute atomic E-state index is 11.7. The van der Waals surface area contributed by atoms with Crippen LogP contribution in [0.25, 0.3) is 0 Å².